The SMILES string of the molecule is CC.CC(/C=C/c1ccc(-c2ccc3c(c2)Oc2c(ccc4c2-c2ccccc2C4(c2ccccc2)c2ccccc2)O3)cc1)c1ccccc1-c1ccccc1.CCc1ccccc1. The van der Waals surface area contributed by atoms with Crippen LogP contribution in [-0.2, 0) is 11.8 Å². The van der Waals surface area contributed by atoms with Crippen LogP contribution in [0.2, 0.25) is 0 Å². The van der Waals surface area contributed by atoms with Crippen LogP contribution >= 0.6 is 0 Å². The molecule has 2 aliphatic rings. The minimum absolute atomic E-state index is 0.260. The fourth-order valence-electron chi connectivity index (χ4n) is 9.38. The molecular formula is C63H54O2. The van der Waals surface area contributed by atoms with E-state index in [4.69, 9.17) is 9.47 Å². The summed E-state index contributed by atoms with van der Waals surface area (Å²) < 4.78 is 13.5. The van der Waals surface area contributed by atoms with Crippen LogP contribution in [0.25, 0.3) is 39.5 Å². The summed E-state index contributed by atoms with van der Waals surface area (Å²) in [5.41, 5.74) is 15.2. The number of benzene rings is 9. The summed E-state index contributed by atoms with van der Waals surface area (Å²) in [5.74, 6) is 3.16. The zero-order valence-corrected chi connectivity index (χ0v) is 37.6. The second-order valence-corrected chi connectivity index (χ2v) is 16.3. The molecule has 9 aromatic rings. The number of hydrogen-bond donors (Lipinski definition) is 0. The van der Waals surface area contributed by atoms with Gasteiger partial charge in [0.15, 0.2) is 23.0 Å². The van der Waals surface area contributed by atoms with Crippen molar-refractivity contribution < 1.29 is 9.47 Å². The number of ether oxygens (including phenoxy) is 2. The maximum Gasteiger partial charge on any atom is 0.178 e. The predicted octanol–water partition coefficient (Wildman–Crippen LogP) is 17.4. The summed E-state index contributed by atoms with van der Waals surface area (Å²) in [6.07, 6.45) is 5.65. The molecule has 65 heavy (non-hydrogen) atoms. The van der Waals surface area contributed by atoms with Crippen molar-refractivity contribution in [1.82, 2.24) is 0 Å². The molecule has 0 saturated heterocycles. The van der Waals surface area contributed by atoms with Crippen LogP contribution in [0.15, 0.2) is 231 Å². The molecule has 0 aromatic heterocycles. The first-order valence-corrected chi connectivity index (χ1v) is 23.0. The zero-order valence-electron chi connectivity index (χ0n) is 37.6. The molecule has 1 atom stereocenters. The van der Waals surface area contributed by atoms with Crippen molar-refractivity contribution in [3.63, 3.8) is 0 Å². The highest BCUT2D eigenvalue weighted by Crippen LogP contribution is 2.62. The van der Waals surface area contributed by atoms with E-state index in [1.54, 1.807) is 0 Å². The van der Waals surface area contributed by atoms with Crippen LogP contribution in [0.5, 0.6) is 23.0 Å². The highest BCUT2D eigenvalue weighted by Gasteiger charge is 2.48. The summed E-state index contributed by atoms with van der Waals surface area (Å²) in [6.45, 7) is 8.42. The van der Waals surface area contributed by atoms with Gasteiger partial charge in [-0.05, 0) is 97.3 Å². The molecule has 1 heterocycles. The van der Waals surface area contributed by atoms with Crippen LogP contribution in [0.1, 0.15) is 72.6 Å². The summed E-state index contributed by atoms with van der Waals surface area (Å²) in [6, 6.07) is 79.4. The molecule has 1 unspecified atom stereocenters. The van der Waals surface area contributed by atoms with Gasteiger partial charge in [-0.1, -0.05) is 246 Å². The lowest BCUT2D eigenvalue weighted by Crippen LogP contribution is -2.28. The Kier molecular flexibility index (Phi) is 12.7. The van der Waals surface area contributed by atoms with Crippen LogP contribution in [-0.4, -0.2) is 0 Å². The van der Waals surface area contributed by atoms with Crippen LogP contribution < -0.4 is 9.47 Å². The Morgan fingerprint density at radius 3 is 1.66 bits per heavy atom. The largest absolute Gasteiger partial charge is 0.449 e. The molecule has 0 bridgehead atoms. The Labute approximate surface area is 385 Å². The monoisotopic (exact) mass is 842 g/mol. The first-order valence-electron chi connectivity index (χ1n) is 23.0. The van der Waals surface area contributed by atoms with Crippen molar-refractivity contribution in [3.8, 4) is 56.4 Å². The average Bonchev–Trinajstić information content (AvgIpc) is 3.70. The van der Waals surface area contributed by atoms with E-state index in [2.05, 4.69) is 238 Å². The lowest BCUT2D eigenvalue weighted by atomic mass is 9.68. The van der Waals surface area contributed by atoms with E-state index in [0.717, 1.165) is 45.7 Å². The standard InChI is InChI=1S/C53H38O2.C8H10.C2H6/c1-36(43-21-11-12-22-44(43)39-15-5-2-6-16-39)25-26-37-27-29-38(30-28-37)40-31-33-48-50(35-40)55-52-49(54-48)34-32-47-51(52)45-23-13-14-24-46(45)53(47,41-17-7-3-8-18-41)42-19-9-4-10-20-42;1-2-8-6-4-3-5-7-8;1-2/h2-36H,1H3;3-7H,2H2,1H3;1-2H3/b26-25+;;. The van der Waals surface area contributed by atoms with Gasteiger partial charge < -0.3 is 9.47 Å². The molecule has 0 radical (unpaired) electrons. The quantitative estimate of drug-likeness (QED) is 0.152. The minimum Gasteiger partial charge on any atom is -0.449 e. The topological polar surface area (TPSA) is 18.5 Å². The molecule has 318 valence electrons. The highest BCUT2D eigenvalue weighted by atomic mass is 16.6. The van der Waals surface area contributed by atoms with Gasteiger partial charge in [0.25, 0.3) is 0 Å². The zero-order chi connectivity index (χ0) is 44.6. The normalized spacial score (nSPS) is 12.9. The van der Waals surface area contributed by atoms with Crippen molar-refractivity contribution in [2.75, 3.05) is 0 Å². The molecule has 2 nitrogen and oxygen atoms in total. The molecule has 9 aromatic carbocycles. The molecule has 0 amide bonds. The summed E-state index contributed by atoms with van der Waals surface area (Å²) >= 11 is 0. The molecule has 0 spiro atoms. The van der Waals surface area contributed by atoms with Gasteiger partial charge in [0.05, 0.1) is 5.41 Å². The summed E-state index contributed by atoms with van der Waals surface area (Å²) in [4.78, 5) is 0. The Balaban J connectivity index is 0.000000479. The van der Waals surface area contributed by atoms with Gasteiger partial charge in [-0.25, -0.2) is 0 Å². The number of allylic oxidation sites excluding steroid dienone is 1. The van der Waals surface area contributed by atoms with E-state index >= 15 is 0 Å². The third kappa shape index (κ3) is 8.32. The number of fused-ring (bicyclic) bond motifs is 6. The molecule has 1 aliphatic carbocycles. The van der Waals surface area contributed by atoms with Crippen molar-refractivity contribution in [1.29, 1.82) is 0 Å². The molecule has 2 heteroatoms. The third-order valence-electron chi connectivity index (χ3n) is 12.5. The number of rotatable bonds is 8. The molecule has 1 aliphatic heterocycles. The fraction of sp³-hybridized carbons (Fsp3) is 0.111. The maximum atomic E-state index is 6.94. The second-order valence-electron chi connectivity index (χ2n) is 16.3. The molecule has 11 rings (SSSR count). The van der Waals surface area contributed by atoms with E-state index in [1.165, 1.54) is 44.5 Å². The lowest BCUT2D eigenvalue weighted by Gasteiger charge is -2.34. The summed E-state index contributed by atoms with van der Waals surface area (Å²) in [7, 11) is 0. The maximum absolute atomic E-state index is 6.94. The van der Waals surface area contributed by atoms with Gasteiger partial charge >= 0.3 is 0 Å². The van der Waals surface area contributed by atoms with E-state index in [1.807, 2.05) is 26.0 Å². The van der Waals surface area contributed by atoms with Crippen molar-refractivity contribution >= 4 is 6.08 Å². The van der Waals surface area contributed by atoms with Gasteiger partial charge in [0.1, 0.15) is 0 Å². The second kappa shape index (κ2) is 19.4. The Hall–Kier alpha value is -7.68. The smallest absolute Gasteiger partial charge is 0.178 e. The van der Waals surface area contributed by atoms with E-state index in [-0.39, 0.29) is 5.92 Å². The molecule has 0 fully saturated rings. The van der Waals surface area contributed by atoms with Crippen molar-refractivity contribution in [2.24, 2.45) is 0 Å². The molecular weight excluding hydrogens is 789 g/mol. The lowest BCUT2D eigenvalue weighted by molar-refractivity contribution is 0.360. The first kappa shape index (κ1) is 42.6. The molecule has 0 saturated carbocycles. The Morgan fingerprint density at radius 1 is 0.462 bits per heavy atom. The van der Waals surface area contributed by atoms with E-state index < -0.39 is 5.41 Å². The number of hydrogen-bond acceptors (Lipinski definition) is 2. The third-order valence-corrected chi connectivity index (χ3v) is 12.5. The van der Waals surface area contributed by atoms with E-state index in [9.17, 15) is 0 Å². The van der Waals surface area contributed by atoms with Crippen LogP contribution in [0.3, 0.4) is 0 Å². The van der Waals surface area contributed by atoms with Crippen molar-refractivity contribution in [3.05, 3.63) is 269 Å². The fourth-order valence-corrected chi connectivity index (χ4v) is 9.38. The number of aryl methyl sites for hydroxylation is 1. The minimum atomic E-state index is -0.506. The predicted molar refractivity (Wildman–Crippen MR) is 272 cm³/mol. The molecule has 0 N–H and O–H groups in total. The van der Waals surface area contributed by atoms with Gasteiger partial charge in [0, 0.05) is 5.56 Å². The van der Waals surface area contributed by atoms with Crippen molar-refractivity contribution in [2.45, 2.75) is 45.4 Å². The first-order chi connectivity index (χ1) is 32.1. The highest BCUT2D eigenvalue weighted by molar-refractivity contribution is 5.92. The van der Waals surface area contributed by atoms with Gasteiger partial charge in [0.2, 0.25) is 0 Å². The summed E-state index contributed by atoms with van der Waals surface area (Å²) in [5, 5.41) is 0. The Morgan fingerprint density at radius 2 is 1.02 bits per heavy atom. The van der Waals surface area contributed by atoms with Gasteiger partial charge in [-0.2, -0.15) is 0 Å². The van der Waals surface area contributed by atoms with Crippen LogP contribution in [0, 0.1) is 0 Å². The van der Waals surface area contributed by atoms with Crippen LogP contribution in [0.4, 0.5) is 0 Å². The average molecular weight is 843 g/mol. The Bertz CT molecular complexity index is 2990. The van der Waals surface area contributed by atoms with Gasteiger partial charge in [-0.3, -0.25) is 0 Å². The van der Waals surface area contributed by atoms with Gasteiger partial charge in [-0.15, -0.1) is 0 Å². The van der Waals surface area contributed by atoms with E-state index in [0.29, 0.717) is 11.5 Å².